The van der Waals surface area contributed by atoms with Gasteiger partial charge in [0.15, 0.2) is 0 Å². The third kappa shape index (κ3) is 4.69. The van der Waals surface area contributed by atoms with Crippen LogP contribution in [-0.2, 0) is 9.47 Å². The quantitative estimate of drug-likeness (QED) is 0.739. The summed E-state index contributed by atoms with van der Waals surface area (Å²) < 4.78 is 11.7. The molecule has 0 bridgehead atoms. The Balaban J connectivity index is 1.33. The Morgan fingerprint density at radius 1 is 1.05 bits per heavy atom. The van der Waals surface area contributed by atoms with Gasteiger partial charge in [0.05, 0.1) is 18.8 Å². The van der Waals surface area contributed by atoms with Crippen LogP contribution >= 0.6 is 0 Å². The van der Waals surface area contributed by atoms with Crippen molar-refractivity contribution in [1.82, 2.24) is 9.80 Å². The molecule has 0 spiro atoms. The number of likely N-dealkylation sites (tertiary alicyclic amines) is 1. The van der Waals surface area contributed by atoms with Crippen molar-refractivity contribution in [2.24, 2.45) is 5.92 Å². The summed E-state index contributed by atoms with van der Waals surface area (Å²) in [7, 11) is 0. The van der Waals surface area contributed by atoms with E-state index in [1.165, 1.54) is 45.3 Å². The molecule has 0 radical (unpaired) electrons. The Hall–Kier alpha value is -0.160. The Kier molecular flexibility index (Phi) is 5.32. The van der Waals surface area contributed by atoms with Gasteiger partial charge in [-0.1, -0.05) is 0 Å². The minimum Gasteiger partial charge on any atom is -0.377 e. The minimum absolute atomic E-state index is 0.403. The number of nitrogens with zero attached hydrogens (tertiary/aromatic N) is 2. The predicted octanol–water partition coefficient (Wildman–Crippen LogP) is 1.60. The topological polar surface area (TPSA) is 24.9 Å². The lowest BCUT2D eigenvalue weighted by molar-refractivity contribution is -0.0296. The van der Waals surface area contributed by atoms with Gasteiger partial charge >= 0.3 is 0 Å². The fraction of sp³-hybridized carbons (Fsp3) is 1.00. The van der Waals surface area contributed by atoms with E-state index in [9.17, 15) is 0 Å². The van der Waals surface area contributed by atoms with Crippen LogP contribution in [0, 0.1) is 5.92 Å². The van der Waals surface area contributed by atoms with Crippen molar-refractivity contribution in [3.8, 4) is 0 Å². The largest absolute Gasteiger partial charge is 0.377 e. The Bertz CT molecular complexity index is 296. The van der Waals surface area contributed by atoms with Crippen molar-refractivity contribution in [2.75, 3.05) is 52.5 Å². The molecule has 20 heavy (non-hydrogen) atoms. The number of piperidine rings is 1. The van der Waals surface area contributed by atoms with Gasteiger partial charge in [-0.25, -0.2) is 0 Å². The highest BCUT2D eigenvalue weighted by atomic mass is 16.5. The summed E-state index contributed by atoms with van der Waals surface area (Å²) in [5, 5.41) is 0. The Morgan fingerprint density at radius 3 is 2.60 bits per heavy atom. The second kappa shape index (κ2) is 7.21. The molecule has 0 aromatic heterocycles. The highest BCUT2D eigenvalue weighted by molar-refractivity contribution is 4.78. The molecule has 1 aliphatic carbocycles. The van der Waals surface area contributed by atoms with Crippen molar-refractivity contribution >= 4 is 0 Å². The molecule has 2 aliphatic heterocycles. The van der Waals surface area contributed by atoms with E-state index in [2.05, 4.69) is 16.7 Å². The smallest absolute Gasteiger partial charge is 0.0702 e. The van der Waals surface area contributed by atoms with Gasteiger partial charge in [-0.05, 0) is 45.1 Å². The first kappa shape index (κ1) is 14.8. The molecule has 3 aliphatic rings. The average Bonchev–Trinajstić information content (AvgIpc) is 3.28. The lowest BCUT2D eigenvalue weighted by atomic mass is 10.1. The van der Waals surface area contributed by atoms with E-state index in [1.807, 2.05) is 0 Å². The van der Waals surface area contributed by atoms with Crippen molar-refractivity contribution < 1.29 is 9.47 Å². The zero-order valence-electron chi connectivity index (χ0n) is 12.9. The van der Waals surface area contributed by atoms with Crippen molar-refractivity contribution in [3.05, 3.63) is 0 Å². The maximum absolute atomic E-state index is 6.07. The number of rotatable bonds is 6. The van der Waals surface area contributed by atoms with Gasteiger partial charge in [0.2, 0.25) is 0 Å². The van der Waals surface area contributed by atoms with Gasteiger partial charge in [-0.15, -0.1) is 0 Å². The highest BCUT2D eigenvalue weighted by Gasteiger charge is 2.26. The van der Waals surface area contributed by atoms with Gasteiger partial charge in [-0.2, -0.15) is 0 Å². The fourth-order valence-corrected chi connectivity index (χ4v) is 3.29. The number of ether oxygens (including phenoxy) is 2. The first-order chi connectivity index (χ1) is 9.79. The van der Waals surface area contributed by atoms with Crippen LogP contribution in [0.2, 0.25) is 0 Å². The molecule has 3 rings (SSSR count). The van der Waals surface area contributed by atoms with Gasteiger partial charge in [0.1, 0.15) is 0 Å². The summed E-state index contributed by atoms with van der Waals surface area (Å²) in [6.45, 7) is 11.0. The van der Waals surface area contributed by atoms with Gasteiger partial charge in [0.25, 0.3) is 0 Å². The van der Waals surface area contributed by atoms with Crippen molar-refractivity contribution in [2.45, 2.75) is 44.8 Å². The van der Waals surface area contributed by atoms with Gasteiger partial charge in [0, 0.05) is 39.3 Å². The van der Waals surface area contributed by atoms with E-state index in [-0.39, 0.29) is 0 Å². The molecule has 0 amide bonds. The van der Waals surface area contributed by atoms with E-state index in [0.717, 1.165) is 38.8 Å². The third-order valence-electron chi connectivity index (χ3n) is 4.78. The minimum atomic E-state index is 0.403. The molecule has 2 unspecified atom stereocenters. The summed E-state index contributed by atoms with van der Waals surface area (Å²) in [5.74, 6) is 0.889. The van der Waals surface area contributed by atoms with E-state index < -0.39 is 0 Å². The Morgan fingerprint density at radius 2 is 1.85 bits per heavy atom. The first-order valence-corrected chi connectivity index (χ1v) is 8.47. The van der Waals surface area contributed by atoms with Crippen LogP contribution in [0.25, 0.3) is 0 Å². The molecule has 116 valence electrons. The summed E-state index contributed by atoms with van der Waals surface area (Å²) in [6.07, 6.45) is 6.25. The normalized spacial score (nSPS) is 33.5. The Labute approximate surface area is 123 Å². The van der Waals surface area contributed by atoms with E-state index >= 15 is 0 Å². The third-order valence-corrected chi connectivity index (χ3v) is 4.78. The lowest BCUT2D eigenvalue weighted by Gasteiger charge is -2.36. The molecular formula is C16H30N2O2. The predicted molar refractivity (Wildman–Crippen MR) is 80.0 cm³/mol. The summed E-state index contributed by atoms with van der Waals surface area (Å²) in [6, 6.07) is 0. The number of hydrogen-bond donors (Lipinski definition) is 0. The molecule has 4 heteroatoms. The molecule has 1 saturated carbocycles. The van der Waals surface area contributed by atoms with E-state index in [0.29, 0.717) is 12.2 Å². The molecule has 2 saturated heterocycles. The van der Waals surface area contributed by atoms with Crippen LogP contribution in [0.4, 0.5) is 0 Å². The van der Waals surface area contributed by atoms with Crippen LogP contribution in [-0.4, -0.2) is 74.5 Å². The second-order valence-electron chi connectivity index (χ2n) is 6.82. The van der Waals surface area contributed by atoms with Crippen LogP contribution in [0.1, 0.15) is 32.6 Å². The maximum Gasteiger partial charge on any atom is 0.0702 e. The summed E-state index contributed by atoms with van der Waals surface area (Å²) in [4.78, 5) is 5.14. The maximum atomic E-state index is 6.07. The molecule has 0 aromatic carbocycles. The van der Waals surface area contributed by atoms with E-state index in [1.54, 1.807) is 0 Å². The van der Waals surface area contributed by atoms with Crippen LogP contribution in [0.3, 0.4) is 0 Å². The summed E-state index contributed by atoms with van der Waals surface area (Å²) >= 11 is 0. The number of morpholine rings is 1. The molecular weight excluding hydrogens is 252 g/mol. The number of hydrogen-bond acceptors (Lipinski definition) is 4. The van der Waals surface area contributed by atoms with Gasteiger partial charge in [-0.3, -0.25) is 9.80 Å². The van der Waals surface area contributed by atoms with Gasteiger partial charge < -0.3 is 9.47 Å². The van der Waals surface area contributed by atoms with E-state index in [4.69, 9.17) is 9.47 Å². The van der Waals surface area contributed by atoms with Crippen LogP contribution < -0.4 is 0 Å². The monoisotopic (exact) mass is 282 g/mol. The molecule has 2 atom stereocenters. The average molecular weight is 282 g/mol. The molecule has 2 heterocycles. The SMILES string of the molecule is CC1CN(CCN2CCCC(OCC3CC3)C2)CCO1. The van der Waals surface area contributed by atoms with Crippen molar-refractivity contribution in [1.29, 1.82) is 0 Å². The zero-order valence-corrected chi connectivity index (χ0v) is 12.9. The summed E-state index contributed by atoms with van der Waals surface area (Å²) in [5.41, 5.74) is 0. The van der Waals surface area contributed by atoms with Crippen LogP contribution in [0.15, 0.2) is 0 Å². The molecule has 3 fully saturated rings. The second-order valence-corrected chi connectivity index (χ2v) is 6.82. The zero-order chi connectivity index (χ0) is 13.8. The molecule has 4 nitrogen and oxygen atoms in total. The highest BCUT2D eigenvalue weighted by Crippen LogP contribution is 2.29. The lowest BCUT2D eigenvalue weighted by Crippen LogP contribution is -2.47. The fourth-order valence-electron chi connectivity index (χ4n) is 3.29. The van der Waals surface area contributed by atoms with Crippen molar-refractivity contribution in [3.63, 3.8) is 0 Å². The molecule has 0 N–H and O–H groups in total. The standard InChI is InChI=1S/C16H30N2O2/c1-14-11-18(9-10-19-14)8-7-17-6-2-3-16(12-17)20-13-15-4-5-15/h14-16H,2-13H2,1H3. The first-order valence-electron chi connectivity index (χ1n) is 8.47. The van der Waals surface area contributed by atoms with Crippen LogP contribution in [0.5, 0.6) is 0 Å². The molecule has 0 aromatic rings.